The Labute approximate surface area is 114 Å². The van der Waals surface area contributed by atoms with Crippen molar-refractivity contribution in [2.45, 2.75) is 26.3 Å². The Hall–Kier alpha value is -1.62. The second kappa shape index (κ2) is 7.09. The Kier molecular flexibility index (Phi) is 5.76. The van der Waals surface area contributed by atoms with Gasteiger partial charge in [0.2, 0.25) is 0 Å². The predicted octanol–water partition coefficient (Wildman–Crippen LogP) is 1.08. The first-order valence-corrected chi connectivity index (χ1v) is 6.53. The lowest BCUT2D eigenvalue weighted by atomic mass is 10.0. The molecule has 0 saturated carbocycles. The fourth-order valence-electron chi connectivity index (χ4n) is 2.05. The largest absolute Gasteiger partial charge is 0.367 e. The smallest absolute Gasteiger partial charge is 0.257 e. The van der Waals surface area contributed by atoms with Crippen LogP contribution in [-0.4, -0.2) is 42.5 Å². The van der Waals surface area contributed by atoms with Crippen molar-refractivity contribution in [1.29, 1.82) is 0 Å². The lowest BCUT2D eigenvalue weighted by Gasteiger charge is -2.23. The van der Waals surface area contributed by atoms with E-state index in [4.69, 9.17) is 0 Å². The molecule has 1 heterocycles. The second-order valence-corrected chi connectivity index (χ2v) is 5.48. The highest BCUT2D eigenvalue weighted by molar-refractivity contribution is 5.93. The highest BCUT2D eigenvalue weighted by Crippen LogP contribution is 2.06. The van der Waals surface area contributed by atoms with Gasteiger partial charge in [0.1, 0.15) is 5.56 Å². The van der Waals surface area contributed by atoms with Crippen LogP contribution in [0.5, 0.6) is 0 Å². The molecule has 19 heavy (non-hydrogen) atoms. The molecule has 0 saturated heterocycles. The van der Waals surface area contributed by atoms with Crippen molar-refractivity contribution in [1.82, 2.24) is 15.2 Å². The molecular formula is C14H23N3O2. The first-order valence-electron chi connectivity index (χ1n) is 6.53. The molecule has 0 fully saturated rings. The molecule has 1 rings (SSSR count). The van der Waals surface area contributed by atoms with E-state index in [0.29, 0.717) is 5.92 Å². The molecule has 1 amide bonds. The van der Waals surface area contributed by atoms with Gasteiger partial charge in [0.15, 0.2) is 5.43 Å². The Balaban J connectivity index is 2.76. The highest BCUT2D eigenvalue weighted by Gasteiger charge is 2.17. The van der Waals surface area contributed by atoms with Crippen molar-refractivity contribution in [3.8, 4) is 0 Å². The van der Waals surface area contributed by atoms with Gasteiger partial charge >= 0.3 is 0 Å². The number of carbonyl (C=O) groups excluding carboxylic acids is 1. The summed E-state index contributed by atoms with van der Waals surface area (Å²) in [6, 6.07) is 1.40. The van der Waals surface area contributed by atoms with Gasteiger partial charge in [-0.05, 0) is 26.4 Å². The summed E-state index contributed by atoms with van der Waals surface area (Å²) in [4.78, 5) is 28.5. The van der Waals surface area contributed by atoms with E-state index < -0.39 is 0 Å². The summed E-state index contributed by atoms with van der Waals surface area (Å²) in [6.07, 6.45) is 3.85. The van der Waals surface area contributed by atoms with E-state index in [1.165, 1.54) is 18.5 Å². The van der Waals surface area contributed by atoms with Crippen LogP contribution in [0, 0.1) is 5.92 Å². The van der Waals surface area contributed by atoms with Crippen LogP contribution in [0.2, 0.25) is 0 Å². The first-order chi connectivity index (χ1) is 8.90. The predicted molar refractivity (Wildman–Crippen MR) is 76.3 cm³/mol. The maximum atomic E-state index is 12.1. The quantitative estimate of drug-likeness (QED) is 0.809. The third kappa shape index (κ3) is 5.26. The number of nitrogens with zero attached hydrogens (tertiary/aromatic N) is 1. The molecule has 1 aromatic heterocycles. The van der Waals surface area contributed by atoms with E-state index in [1.54, 1.807) is 0 Å². The lowest BCUT2D eigenvalue weighted by molar-refractivity contribution is 0.0923. The molecule has 0 aromatic carbocycles. The zero-order valence-electron chi connectivity index (χ0n) is 12.1. The van der Waals surface area contributed by atoms with Gasteiger partial charge in [-0.1, -0.05) is 13.8 Å². The fraction of sp³-hybridized carbons (Fsp3) is 0.571. The maximum absolute atomic E-state index is 12.1. The standard InChI is InChI=1S/C14H23N3O2/c1-10(2)7-11(9-17(3)4)16-14(19)12-8-15-6-5-13(12)18/h5-6,8,10-11H,7,9H2,1-4H3,(H,15,18)(H,16,19). The van der Waals surface area contributed by atoms with Gasteiger partial charge in [0, 0.05) is 31.0 Å². The average Bonchev–Trinajstić information content (AvgIpc) is 2.27. The molecule has 5 nitrogen and oxygen atoms in total. The second-order valence-electron chi connectivity index (χ2n) is 5.48. The number of carbonyl (C=O) groups is 1. The van der Waals surface area contributed by atoms with Crippen LogP contribution in [0.3, 0.4) is 0 Å². The lowest BCUT2D eigenvalue weighted by Crippen LogP contribution is -2.43. The van der Waals surface area contributed by atoms with Crippen molar-refractivity contribution < 1.29 is 4.79 Å². The number of likely N-dealkylation sites (N-methyl/N-ethyl adjacent to an activating group) is 1. The number of H-pyrrole nitrogens is 1. The van der Waals surface area contributed by atoms with E-state index in [0.717, 1.165) is 13.0 Å². The Morgan fingerprint density at radius 1 is 1.42 bits per heavy atom. The number of hydrogen-bond donors (Lipinski definition) is 2. The summed E-state index contributed by atoms with van der Waals surface area (Å²) in [5.74, 6) is 0.175. The summed E-state index contributed by atoms with van der Waals surface area (Å²) in [7, 11) is 3.93. The number of rotatable bonds is 6. The van der Waals surface area contributed by atoms with E-state index in [9.17, 15) is 9.59 Å². The van der Waals surface area contributed by atoms with Crippen LogP contribution in [0.1, 0.15) is 30.6 Å². The molecule has 106 valence electrons. The van der Waals surface area contributed by atoms with Crippen LogP contribution in [0.4, 0.5) is 0 Å². The molecule has 0 radical (unpaired) electrons. The topological polar surface area (TPSA) is 65.2 Å². The molecule has 1 unspecified atom stereocenters. The van der Waals surface area contributed by atoms with Crippen LogP contribution in [-0.2, 0) is 0 Å². The van der Waals surface area contributed by atoms with Crippen LogP contribution < -0.4 is 10.7 Å². The van der Waals surface area contributed by atoms with Crippen molar-refractivity contribution in [3.63, 3.8) is 0 Å². The number of aromatic amines is 1. The number of amides is 1. The summed E-state index contributed by atoms with van der Waals surface area (Å²) >= 11 is 0. The van der Waals surface area contributed by atoms with E-state index in [-0.39, 0.29) is 22.9 Å². The fourth-order valence-corrected chi connectivity index (χ4v) is 2.05. The highest BCUT2D eigenvalue weighted by atomic mass is 16.2. The van der Waals surface area contributed by atoms with Crippen molar-refractivity contribution in [2.75, 3.05) is 20.6 Å². The van der Waals surface area contributed by atoms with E-state index >= 15 is 0 Å². The first kappa shape index (κ1) is 15.4. The van der Waals surface area contributed by atoms with Gasteiger partial charge in [-0.15, -0.1) is 0 Å². The molecule has 5 heteroatoms. The van der Waals surface area contributed by atoms with Crippen LogP contribution in [0.15, 0.2) is 23.3 Å². The SMILES string of the molecule is CC(C)CC(CN(C)C)NC(=O)c1c[nH]ccc1=O. The minimum Gasteiger partial charge on any atom is -0.367 e. The number of aromatic nitrogens is 1. The zero-order valence-corrected chi connectivity index (χ0v) is 12.1. The van der Waals surface area contributed by atoms with Gasteiger partial charge < -0.3 is 15.2 Å². The average molecular weight is 265 g/mol. The zero-order chi connectivity index (χ0) is 14.4. The van der Waals surface area contributed by atoms with E-state index in [2.05, 4.69) is 24.1 Å². The molecule has 0 bridgehead atoms. The van der Waals surface area contributed by atoms with E-state index in [1.807, 2.05) is 19.0 Å². The Morgan fingerprint density at radius 3 is 2.63 bits per heavy atom. The normalized spacial score (nSPS) is 12.7. The number of hydrogen-bond acceptors (Lipinski definition) is 3. The molecule has 0 aliphatic carbocycles. The molecule has 1 atom stereocenters. The Bertz CT molecular complexity index is 456. The molecular weight excluding hydrogens is 242 g/mol. The van der Waals surface area contributed by atoms with Crippen molar-refractivity contribution in [3.05, 3.63) is 34.2 Å². The number of nitrogens with one attached hydrogen (secondary N) is 2. The maximum Gasteiger partial charge on any atom is 0.257 e. The molecule has 0 aliphatic heterocycles. The molecule has 2 N–H and O–H groups in total. The minimum absolute atomic E-state index is 0.0436. The van der Waals surface area contributed by atoms with Gasteiger partial charge in [0.25, 0.3) is 5.91 Å². The van der Waals surface area contributed by atoms with Gasteiger partial charge in [-0.25, -0.2) is 0 Å². The van der Waals surface area contributed by atoms with Crippen molar-refractivity contribution >= 4 is 5.91 Å². The summed E-state index contributed by atoms with van der Waals surface area (Å²) in [5.41, 5.74) is -0.0978. The Morgan fingerprint density at radius 2 is 2.11 bits per heavy atom. The van der Waals surface area contributed by atoms with Gasteiger partial charge in [-0.2, -0.15) is 0 Å². The molecule has 0 aliphatic rings. The van der Waals surface area contributed by atoms with Crippen LogP contribution >= 0.6 is 0 Å². The summed E-state index contributed by atoms with van der Waals surface area (Å²) < 4.78 is 0. The summed E-state index contributed by atoms with van der Waals surface area (Å²) in [5, 5.41) is 2.94. The molecule has 0 spiro atoms. The minimum atomic E-state index is -0.311. The molecule has 1 aromatic rings. The van der Waals surface area contributed by atoms with Crippen molar-refractivity contribution in [2.24, 2.45) is 5.92 Å². The third-order valence-electron chi connectivity index (χ3n) is 2.75. The van der Waals surface area contributed by atoms with Crippen LogP contribution in [0.25, 0.3) is 0 Å². The van der Waals surface area contributed by atoms with Gasteiger partial charge in [-0.3, -0.25) is 9.59 Å². The van der Waals surface area contributed by atoms with Gasteiger partial charge in [0.05, 0.1) is 0 Å². The monoisotopic (exact) mass is 265 g/mol. The summed E-state index contributed by atoms with van der Waals surface area (Å²) in [6.45, 7) is 4.99. The third-order valence-corrected chi connectivity index (χ3v) is 2.75. The number of pyridine rings is 1.